The quantitative estimate of drug-likeness (QED) is 0.713. The molecule has 1 aromatic carbocycles. The van der Waals surface area contributed by atoms with Gasteiger partial charge in [-0.05, 0) is 42.7 Å². The zero-order chi connectivity index (χ0) is 19.3. The van der Waals surface area contributed by atoms with E-state index in [1.165, 1.54) is 23.9 Å². The molecule has 5 nitrogen and oxygen atoms in total. The summed E-state index contributed by atoms with van der Waals surface area (Å²) in [7, 11) is 0. The molecule has 0 radical (unpaired) electrons. The molecule has 2 aliphatic heterocycles. The van der Waals surface area contributed by atoms with E-state index < -0.39 is 0 Å². The molecule has 28 heavy (non-hydrogen) atoms. The number of carbonyl (C=O) groups excluding carboxylic acids is 1. The fraction of sp³-hybridized carbons (Fsp3) is 0.429. The fourth-order valence-electron chi connectivity index (χ4n) is 3.64. The van der Waals surface area contributed by atoms with Crippen LogP contribution in [0.25, 0.3) is 0 Å². The fourth-order valence-corrected chi connectivity index (χ4v) is 4.58. The van der Waals surface area contributed by atoms with Crippen LogP contribution in [0.15, 0.2) is 47.6 Å². The van der Waals surface area contributed by atoms with E-state index in [0.29, 0.717) is 36.1 Å². The Balaban J connectivity index is 1.44. The van der Waals surface area contributed by atoms with Crippen molar-refractivity contribution < 1.29 is 18.7 Å². The molecule has 2 saturated heterocycles. The van der Waals surface area contributed by atoms with E-state index in [1.807, 2.05) is 11.0 Å². The molecule has 148 valence electrons. The minimum Gasteiger partial charge on any atom is -0.350 e. The van der Waals surface area contributed by atoms with E-state index in [-0.39, 0.29) is 23.9 Å². The average Bonchev–Trinajstić information content (AvgIpc) is 3.28. The van der Waals surface area contributed by atoms with Gasteiger partial charge in [0.2, 0.25) is 0 Å². The molecule has 3 heterocycles. The zero-order valence-electron chi connectivity index (χ0n) is 15.6. The number of amides is 1. The SMILES string of the molecule is O=C(c1cccnc1SCc1ccc(F)cc1)N1CCCC(C2OCCO2)C1. The highest BCUT2D eigenvalue weighted by atomic mass is 32.2. The lowest BCUT2D eigenvalue weighted by Crippen LogP contribution is -2.44. The molecule has 4 rings (SSSR count). The minimum atomic E-state index is -0.252. The van der Waals surface area contributed by atoms with Gasteiger partial charge in [-0.2, -0.15) is 0 Å². The molecule has 0 bridgehead atoms. The monoisotopic (exact) mass is 402 g/mol. The van der Waals surface area contributed by atoms with Gasteiger partial charge in [0.25, 0.3) is 5.91 Å². The lowest BCUT2D eigenvalue weighted by Gasteiger charge is -2.35. The summed E-state index contributed by atoms with van der Waals surface area (Å²) < 4.78 is 24.4. The Morgan fingerprint density at radius 1 is 1.21 bits per heavy atom. The molecular weight excluding hydrogens is 379 g/mol. The summed E-state index contributed by atoms with van der Waals surface area (Å²) in [4.78, 5) is 19.5. The van der Waals surface area contributed by atoms with Crippen LogP contribution >= 0.6 is 11.8 Å². The number of hydrogen-bond donors (Lipinski definition) is 0. The number of carbonyl (C=O) groups is 1. The molecule has 0 saturated carbocycles. The molecule has 2 fully saturated rings. The average molecular weight is 402 g/mol. The first kappa shape index (κ1) is 19.4. The van der Waals surface area contributed by atoms with E-state index in [1.54, 1.807) is 24.4 Å². The van der Waals surface area contributed by atoms with Gasteiger partial charge in [0.05, 0.1) is 18.8 Å². The van der Waals surface area contributed by atoms with Crippen molar-refractivity contribution in [1.82, 2.24) is 9.88 Å². The Labute approximate surface area is 168 Å². The Hall–Kier alpha value is -1.96. The van der Waals surface area contributed by atoms with Crippen LogP contribution < -0.4 is 0 Å². The predicted molar refractivity (Wildman–Crippen MR) is 105 cm³/mol. The van der Waals surface area contributed by atoms with E-state index in [0.717, 1.165) is 24.9 Å². The van der Waals surface area contributed by atoms with Gasteiger partial charge in [-0.3, -0.25) is 4.79 Å². The lowest BCUT2D eigenvalue weighted by atomic mass is 9.97. The van der Waals surface area contributed by atoms with Gasteiger partial charge in [0, 0.05) is 31.0 Å². The van der Waals surface area contributed by atoms with Crippen molar-refractivity contribution in [2.24, 2.45) is 5.92 Å². The van der Waals surface area contributed by atoms with Crippen LogP contribution in [-0.2, 0) is 15.2 Å². The van der Waals surface area contributed by atoms with Crippen molar-refractivity contribution >= 4 is 17.7 Å². The Bertz CT molecular complexity index is 812. The van der Waals surface area contributed by atoms with Gasteiger partial charge < -0.3 is 14.4 Å². The van der Waals surface area contributed by atoms with Crippen LogP contribution in [0.1, 0.15) is 28.8 Å². The maximum Gasteiger partial charge on any atom is 0.256 e. The molecule has 0 aliphatic carbocycles. The highest BCUT2D eigenvalue weighted by molar-refractivity contribution is 7.98. The summed E-state index contributed by atoms with van der Waals surface area (Å²) in [5.74, 6) is 0.589. The Morgan fingerprint density at radius 2 is 2.00 bits per heavy atom. The van der Waals surface area contributed by atoms with Crippen LogP contribution in [0, 0.1) is 11.7 Å². The molecule has 7 heteroatoms. The zero-order valence-corrected chi connectivity index (χ0v) is 16.4. The minimum absolute atomic E-state index is 0.00240. The molecule has 1 unspecified atom stereocenters. The third-order valence-corrected chi connectivity index (χ3v) is 6.14. The normalized spacial score (nSPS) is 20.5. The molecule has 1 aromatic heterocycles. The number of piperidine rings is 1. The number of rotatable bonds is 5. The van der Waals surface area contributed by atoms with Gasteiger partial charge in [0.15, 0.2) is 6.29 Å². The highest BCUT2D eigenvalue weighted by Crippen LogP contribution is 2.29. The van der Waals surface area contributed by atoms with Crippen molar-refractivity contribution in [3.63, 3.8) is 0 Å². The predicted octanol–water partition coefficient (Wildman–Crippen LogP) is 3.74. The van der Waals surface area contributed by atoms with Gasteiger partial charge in [-0.25, -0.2) is 9.37 Å². The number of benzene rings is 1. The molecule has 1 atom stereocenters. The number of aromatic nitrogens is 1. The lowest BCUT2D eigenvalue weighted by molar-refractivity contribution is -0.0969. The van der Waals surface area contributed by atoms with Gasteiger partial charge in [0.1, 0.15) is 10.8 Å². The third kappa shape index (κ3) is 4.54. The van der Waals surface area contributed by atoms with Crippen molar-refractivity contribution in [1.29, 1.82) is 0 Å². The van der Waals surface area contributed by atoms with Crippen LogP contribution in [0.5, 0.6) is 0 Å². The van der Waals surface area contributed by atoms with E-state index >= 15 is 0 Å². The number of likely N-dealkylation sites (tertiary alicyclic amines) is 1. The highest BCUT2D eigenvalue weighted by Gasteiger charge is 2.33. The van der Waals surface area contributed by atoms with Crippen LogP contribution in [0.4, 0.5) is 4.39 Å². The molecule has 2 aliphatic rings. The second-order valence-electron chi connectivity index (χ2n) is 7.03. The third-order valence-electron chi connectivity index (χ3n) is 5.07. The maximum atomic E-state index is 13.2. The van der Waals surface area contributed by atoms with E-state index in [4.69, 9.17) is 9.47 Å². The van der Waals surface area contributed by atoms with Crippen LogP contribution in [-0.4, -0.2) is 48.4 Å². The summed E-state index contributed by atoms with van der Waals surface area (Å²) in [6.07, 6.45) is 3.45. The van der Waals surface area contributed by atoms with Crippen molar-refractivity contribution in [2.75, 3.05) is 26.3 Å². The molecular formula is C21H23FN2O3S. The van der Waals surface area contributed by atoms with Crippen molar-refractivity contribution in [3.05, 3.63) is 59.5 Å². The summed E-state index contributed by atoms with van der Waals surface area (Å²) in [5, 5.41) is 0.701. The van der Waals surface area contributed by atoms with Crippen LogP contribution in [0.2, 0.25) is 0 Å². The number of pyridine rings is 1. The van der Waals surface area contributed by atoms with E-state index in [2.05, 4.69) is 4.98 Å². The molecule has 1 amide bonds. The molecule has 0 N–H and O–H groups in total. The second-order valence-corrected chi connectivity index (χ2v) is 8.00. The first-order chi connectivity index (χ1) is 13.7. The number of hydrogen-bond acceptors (Lipinski definition) is 5. The van der Waals surface area contributed by atoms with Gasteiger partial charge in [-0.1, -0.05) is 12.1 Å². The summed E-state index contributed by atoms with van der Waals surface area (Å²) in [5.41, 5.74) is 1.60. The standard InChI is InChI=1S/C21H23FN2O3S/c22-17-7-5-15(6-8-17)14-28-19-18(4-1-9-23-19)20(25)24-10-2-3-16(13-24)21-26-11-12-27-21/h1,4-9,16,21H,2-3,10-14H2. The maximum absolute atomic E-state index is 13.2. The van der Waals surface area contributed by atoms with Crippen molar-refractivity contribution in [2.45, 2.75) is 29.9 Å². The number of halogens is 1. The largest absolute Gasteiger partial charge is 0.350 e. The number of thioether (sulfide) groups is 1. The Kier molecular flexibility index (Phi) is 6.24. The smallest absolute Gasteiger partial charge is 0.256 e. The molecule has 0 spiro atoms. The molecule has 2 aromatic rings. The summed E-state index contributed by atoms with van der Waals surface area (Å²) >= 11 is 1.49. The van der Waals surface area contributed by atoms with Crippen molar-refractivity contribution in [3.8, 4) is 0 Å². The first-order valence-electron chi connectivity index (χ1n) is 9.55. The van der Waals surface area contributed by atoms with Gasteiger partial charge in [-0.15, -0.1) is 11.8 Å². The Morgan fingerprint density at radius 3 is 2.79 bits per heavy atom. The summed E-state index contributed by atoms with van der Waals surface area (Å²) in [6.45, 7) is 2.63. The second kappa shape index (κ2) is 9.03. The van der Waals surface area contributed by atoms with Gasteiger partial charge >= 0.3 is 0 Å². The topological polar surface area (TPSA) is 51.7 Å². The van der Waals surface area contributed by atoms with E-state index in [9.17, 15) is 9.18 Å². The first-order valence-corrected chi connectivity index (χ1v) is 10.5. The van der Waals surface area contributed by atoms with Crippen LogP contribution in [0.3, 0.4) is 0 Å². The number of ether oxygens (including phenoxy) is 2. The number of nitrogens with zero attached hydrogens (tertiary/aromatic N) is 2. The summed E-state index contributed by atoms with van der Waals surface area (Å²) in [6, 6.07) is 10.0.